The summed E-state index contributed by atoms with van der Waals surface area (Å²) in [4.78, 5) is 3.19. The van der Waals surface area contributed by atoms with Gasteiger partial charge in [0, 0.05) is 48.4 Å². The highest BCUT2D eigenvalue weighted by Gasteiger charge is 2.43. The molecule has 2 aliphatic heterocycles. The molecule has 3 aromatic rings. The van der Waals surface area contributed by atoms with Crippen LogP contribution in [-0.4, -0.2) is 77.5 Å². The van der Waals surface area contributed by atoms with Gasteiger partial charge in [-0.25, -0.2) is 0 Å². The summed E-state index contributed by atoms with van der Waals surface area (Å²) in [6.45, 7) is 1.70. The topological polar surface area (TPSA) is 56.4 Å². The number of anilines is 1. The number of fused-ring (bicyclic) bond motifs is 3. The summed E-state index contributed by atoms with van der Waals surface area (Å²) in [6, 6.07) is 5.63. The molecule has 1 saturated heterocycles. The minimum atomic E-state index is -5.06. The number of ether oxygens (including phenoxy) is 1. The van der Waals surface area contributed by atoms with Gasteiger partial charge in [-0.15, -0.1) is 13.2 Å². The van der Waals surface area contributed by atoms with E-state index in [4.69, 9.17) is 0 Å². The third-order valence-corrected chi connectivity index (χ3v) is 7.30. The number of alkyl halides is 7. The molecule has 0 radical (unpaired) electrons. The highest BCUT2D eigenvalue weighted by molar-refractivity contribution is 5.83. The average Bonchev–Trinajstić information content (AvgIpc) is 3.29. The third kappa shape index (κ3) is 6.08. The minimum Gasteiger partial charge on any atom is -0.405 e. The van der Waals surface area contributed by atoms with Gasteiger partial charge in [-0.1, -0.05) is 12.1 Å². The Hall–Kier alpha value is -3.06. The van der Waals surface area contributed by atoms with Gasteiger partial charge in [0.05, 0.1) is 37.0 Å². The van der Waals surface area contributed by atoms with Gasteiger partial charge in [-0.2, -0.15) is 18.3 Å². The summed E-state index contributed by atoms with van der Waals surface area (Å²) < 4.78 is 98.6. The minimum absolute atomic E-state index is 0.0176. The van der Waals surface area contributed by atoms with Crippen LogP contribution in [0.25, 0.3) is 10.9 Å². The van der Waals surface area contributed by atoms with Crippen molar-refractivity contribution < 1.29 is 35.5 Å². The van der Waals surface area contributed by atoms with Gasteiger partial charge >= 0.3 is 12.5 Å². The summed E-state index contributed by atoms with van der Waals surface area (Å²) in [5.74, 6) is -0.564. The predicted octanol–water partition coefficient (Wildman–Crippen LogP) is 5.82. The number of rotatable bonds is 8. The number of nitrogens with one attached hydrogen (secondary N) is 2. The van der Waals surface area contributed by atoms with Gasteiger partial charge in [-0.3, -0.25) is 19.3 Å². The van der Waals surface area contributed by atoms with Gasteiger partial charge in [0.1, 0.15) is 5.75 Å². The molecule has 3 heterocycles. The van der Waals surface area contributed by atoms with Crippen LogP contribution in [0.5, 0.6) is 5.75 Å². The van der Waals surface area contributed by atoms with E-state index >= 15 is 0 Å². The van der Waals surface area contributed by atoms with Crippen molar-refractivity contribution in [2.24, 2.45) is 0 Å². The van der Waals surface area contributed by atoms with Gasteiger partial charge in [0.2, 0.25) is 0 Å². The monoisotopic (exact) mass is 559 g/mol. The number of benzene rings is 2. The van der Waals surface area contributed by atoms with Crippen molar-refractivity contribution in [2.75, 3.05) is 38.2 Å². The maximum atomic E-state index is 13.7. The third-order valence-electron chi connectivity index (χ3n) is 7.30. The van der Waals surface area contributed by atoms with Crippen molar-refractivity contribution in [1.82, 2.24) is 20.0 Å². The molecule has 2 N–H and O–H groups in total. The fraction of sp³-hybridized carbons (Fsp3) is 0.500. The zero-order chi connectivity index (χ0) is 27.9. The first-order valence-electron chi connectivity index (χ1n) is 12.6. The van der Waals surface area contributed by atoms with Crippen LogP contribution in [0.4, 0.5) is 36.4 Å². The number of likely N-dealkylation sites (tertiary alicyclic amines) is 1. The molecule has 0 aliphatic carbocycles. The molecule has 5 rings (SSSR count). The first kappa shape index (κ1) is 27.5. The van der Waals surface area contributed by atoms with Gasteiger partial charge in [-0.05, 0) is 43.0 Å². The second-order valence-corrected chi connectivity index (χ2v) is 10.2. The van der Waals surface area contributed by atoms with Crippen LogP contribution in [-0.2, 0) is 6.42 Å². The van der Waals surface area contributed by atoms with Crippen LogP contribution in [0.15, 0.2) is 36.5 Å². The average molecular weight is 560 g/mol. The van der Waals surface area contributed by atoms with E-state index in [9.17, 15) is 30.7 Å². The molecular weight excluding hydrogens is 531 g/mol. The van der Waals surface area contributed by atoms with Crippen molar-refractivity contribution in [3.8, 4) is 5.75 Å². The molecule has 0 amide bonds. The lowest BCUT2D eigenvalue weighted by Crippen LogP contribution is -2.54. The zero-order valence-electron chi connectivity index (χ0n) is 21.0. The highest BCUT2D eigenvalue weighted by Crippen LogP contribution is 2.46. The Morgan fingerprint density at radius 1 is 1.08 bits per heavy atom. The molecule has 1 fully saturated rings. The zero-order valence-corrected chi connectivity index (χ0v) is 21.0. The molecule has 0 bridgehead atoms. The Morgan fingerprint density at radius 3 is 2.51 bits per heavy atom. The Labute approximate surface area is 220 Å². The lowest BCUT2D eigenvalue weighted by atomic mass is 9.83. The molecule has 0 unspecified atom stereocenters. The Bertz CT molecular complexity index is 1300. The van der Waals surface area contributed by atoms with Gasteiger partial charge in [0.15, 0.2) is 0 Å². The number of nitrogens with zero attached hydrogens (tertiary/aromatic N) is 3. The first-order chi connectivity index (χ1) is 18.4. The van der Waals surface area contributed by atoms with Crippen molar-refractivity contribution in [2.45, 2.75) is 50.4 Å². The second kappa shape index (κ2) is 10.5. The number of H-pyrrole nitrogens is 1. The number of aromatic amines is 1. The van der Waals surface area contributed by atoms with Crippen molar-refractivity contribution in [3.05, 3.63) is 53.2 Å². The molecule has 2 aromatic carbocycles. The Morgan fingerprint density at radius 2 is 1.82 bits per heavy atom. The first-order valence-corrected chi connectivity index (χ1v) is 12.6. The van der Waals surface area contributed by atoms with E-state index in [-0.39, 0.29) is 18.0 Å². The molecule has 0 spiro atoms. The van der Waals surface area contributed by atoms with E-state index in [0.717, 1.165) is 10.9 Å². The van der Waals surface area contributed by atoms with Crippen LogP contribution in [0.1, 0.15) is 36.1 Å². The quantitative estimate of drug-likeness (QED) is 0.341. The molecule has 0 saturated carbocycles. The van der Waals surface area contributed by atoms with E-state index in [2.05, 4.69) is 20.3 Å². The molecular formula is C26H28F7N5O. The number of hydrogen-bond donors (Lipinski definition) is 2. The van der Waals surface area contributed by atoms with E-state index in [0.29, 0.717) is 42.8 Å². The summed E-state index contributed by atoms with van der Waals surface area (Å²) in [6.07, 6.45) is -7.37. The Balaban J connectivity index is 1.54. The largest absolute Gasteiger partial charge is 0.573 e. The van der Waals surface area contributed by atoms with Crippen LogP contribution < -0.4 is 10.1 Å². The van der Waals surface area contributed by atoms with Crippen molar-refractivity contribution in [3.63, 3.8) is 0 Å². The van der Waals surface area contributed by atoms with Gasteiger partial charge < -0.3 is 10.1 Å². The van der Waals surface area contributed by atoms with Gasteiger partial charge in [0.25, 0.3) is 0 Å². The molecule has 13 heteroatoms. The fourth-order valence-electron chi connectivity index (χ4n) is 5.65. The summed E-state index contributed by atoms with van der Waals surface area (Å²) in [5.41, 5.74) is 2.24. The lowest BCUT2D eigenvalue weighted by molar-refractivity contribution is -0.275. The maximum absolute atomic E-state index is 13.7. The molecule has 39 heavy (non-hydrogen) atoms. The van der Waals surface area contributed by atoms with Crippen molar-refractivity contribution >= 4 is 16.6 Å². The van der Waals surface area contributed by atoms with E-state index in [1.807, 2.05) is 4.90 Å². The molecule has 1 aromatic heterocycles. The summed E-state index contributed by atoms with van der Waals surface area (Å²) in [7, 11) is 0. The van der Waals surface area contributed by atoms with E-state index in [1.54, 1.807) is 31.3 Å². The Kier molecular flexibility index (Phi) is 7.40. The van der Waals surface area contributed by atoms with Crippen LogP contribution >= 0.6 is 0 Å². The SMILES string of the molecule is C[C@@H]1Cc2c(ccc3[nH]ncc23)[C@@H](c2ccc(NC3CN(CCCF)C3)cc2OC(F)(F)F)N1CC(F)(F)F. The summed E-state index contributed by atoms with van der Waals surface area (Å²) >= 11 is 0. The second-order valence-electron chi connectivity index (χ2n) is 10.2. The molecule has 212 valence electrons. The fourth-order valence-corrected chi connectivity index (χ4v) is 5.65. The van der Waals surface area contributed by atoms with E-state index in [1.165, 1.54) is 17.0 Å². The van der Waals surface area contributed by atoms with E-state index < -0.39 is 43.6 Å². The number of hydrogen-bond acceptors (Lipinski definition) is 5. The maximum Gasteiger partial charge on any atom is 0.573 e. The molecule has 6 nitrogen and oxygen atoms in total. The smallest absolute Gasteiger partial charge is 0.405 e. The van der Waals surface area contributed by atoms with Crippen LogP contribution in [0, 0.1) is 0 Å². The standard InChI is InChI=1S/C26H28F7N5O/c1-15-9-20-18(5-6-22-21(20)11-34-36-22)24(38(15)14-25(28,29)30)19-4-3-16(10-23(19)39-26(31,32)33)35-17-12-37(13-17)8-2-7-27/h3-6,10-11,15,17,24,35H,2,7-9,12-14H2,1H3,(H,34,36)/t15-,24+/m1/s1. The predicted molar refractivity (Wildman–Crippen MR) is 131 cm³/mol. The normalized spacial score (nSPS) is 21.1. The molecule has 2 aliphatic rings. The number of aromatic nitrogens is 2. The lowest BCUT2D eigenvalue weighted by Gasteiger charge is -2.43. The highest BCUT2D eigenvalue weighted by atomic mass is 19.4. The number of halogens is 7. The van der Waals surface area contributed by atoms with Crippen molar-refractivity contribution in [1.29, 1.82) is 0 Å². The summed E-state index contributed by atoms with van der Waals surface area (Å²) in [5, 5.41) is 10.7. The van der Waals surface area contributed by atoms with Crippen LogP contribution in [0.2, 0.25) is 0 Å². The molecule has 2 atom stereocenters. The van der Waals surface area contributed by atoms with Crippen LogP contribution in [0.3, 0.4) is 0 Å².